The minimum Gasteiger partial charge on any atom is -0.326 e. The highest BCUT2D eigenvalue weighted by Crippen LogP contribution is 2.23. The van der Waals surface area contributed by atoms with Crippen LogP contribution in [0.3, 0.4) is 0 Å². The average molecular weight is 422 g/mol. The normalized spacial score (nSPS) is 17.2. The van der Waals surface area contributed by atoms with Crippen molar-refractivity contribution in [2.45, 2.75) is 19.8 Å². The number of amides is 3. The van der Waals surface area contributed by atoms with Gasteiger partial charge in [0.15, 0.2) is 0 Å². The summed E-state index contributed by atoms with van der Waals surface area (Å²) in [5.41, 5.74) is 1.85. The molecule has 3 amide bonds. The molecule has 0 saturated carbocycles. The van der Waals surface area contributed by atoms with Gasteiger partial charge in [-0.2, -0.15) is 0 Å². The number of aryl methyl sites for hydroxylation is 1. The molecule has 0 aliphatic carbocycles. The lowest BCUT2D eigenvalue weighted by Gasteiger charge is -2.32. The van der Waals surface area contributed by atoms with Crippen LogP contribution in [-0.4, -0.2) is 29.9 Å². The first-order chi connectivity index (χ1) is 12.0. The van der Waals surface area contributed by atoms with E-state index in [9.17, 15) is 9.59 Å². The summed E-state index contributed by atoms with van der Waals surface area (Å²) >= 11 is 4.94. The van der Waals surface area contributed by atoms with Gasteiger partial charge in [0.2, 0.25) is 5.91 Å². The van der Waals surface area contributed by atoms with Crippen LogP contribution in [0.4, 0.5) is 15.5 Å². The van der Waals surface area contributed by atoms with Crippen molar-refractivity contribution in [3.63, 3.8) is 0 Å². The van der Waals surface area contributed by atoms with E-state index in [0.29, 0.717) is 13.1 Å². The molecule has 1 fully saturated rings. The molecule has 132 valence electrons. The van der Waals surface area contributed by atoms with Crippen LogP contribution >= 0.6 is 27.3 Å². The summed E-state index contributed by atoms with van der Waals surface area (Å²) in [4.78, 5) is 26.7. The van der Waals surface area contributed by atoms with Crippen molar-refractivity contribution < 1.29 is 9.59 Å². The Morgan fingerprint density at radius 1 is 1.28 bits per heavy atom. The molecule has 2 heterocycles. The number of rotatable bonds is 3. The summed E-state index contributed by atoms with van der Waals surface area (Å²) < 4.78 is 1.01. The topological polar surface area (TPSA) is 61.4 Å². The van der Waals surface area contributed by atoms with Crippen LogP contribution in [0.2, 0.25) is 0 Å². The van der Waals surface area contributed by atoms with Gasteiger partial charge >= 0.3 is 6.03 Å². The number of hydrogen-bond donors (Lipinski definition) is 2. The molecular formula is C18H20BrN3O2S. The third kappa shape index (κ3) is 4.61. The number of urea groups is 1. The van der Waals surface area contributed by atoms with Crippen LogP contribution in [0.5, 0.6) is 0 Å². The minimum absolute atomic E-state index is 0.0321. The first-order valence-corrected chi connectivity index (χ1v) is 9.86. The molecule has 0 bridgehead atoms. The largest absolute Gasteiger partial charge is 0.326 e. The fraction of sp³-hybridized carbons (Fsp3) is 0.333. The average Bonchev–Trinajstić information content (AvgIpc) is 3.11. The molecule has 2 N–H and O–H groups in total. The molecule has 1 saturated heterocycles. The van der Waals surface area contributed by atoms with Crippen molar-refractivity contribution in [2.24, 2.45) is 5.92 Å². The molecule has 0 radical (unpaired) electrons. The third-order valence-electron chi connectivity index (χ3n) is 4.26. The Bertz CT molecular complexity index is 764. The van der Waals surface area contributed by atoms with E-state index in [0.717, 1.165) is 33.6 Å². The van der Waals surface area contributed by atoms with E-state index in [2.05, 4.69) is 26.6 Å². The van der Waals surface area contributed by atoms with Crippen LogP contribution in [0.15, 0.2) is 40.2 Å². The summed E-state index contributed by atoms with van der Waals surface area (Å²) in [6, 6.07) is 9.36. The third-order valence-corrected chi connectivity index (χ3v) is 5.93. The van der Waals surface area contributed by atoms with Gasteiger partial charge in [0.05, 0.1) is 10.9 Å². The van der Waals surface area contributed by atoms with Crippen LogP contribution in [0.25, 0.3) is 0 Å². The van der Waals surface area contributed by atoms with E-state index in [1.165, 1.54) is 11.3 Å². The summed E-state index contributed by atoms with van der Waals surface area (Å²) in [5, 5.41) is 8.59. The van der Waals surface area contributed by atoms with E-state index in [-0.39, 0.29) is 17.9 Å². The molecule has 2 aromatic rings. The van der Waals surface area contributed by atoms with E-state index in [1.807, 2.05) is 42.6 Å². The van der Waals surface area contributed by atoms with Gasteiger partial charge in [0, 0.05) is 23.2 Å². The number of hydrogen-bond acceptors (Lipinski definition) is 3. The SMILES string of the molecule is Cc1cc(NC(=O)C2CCCN(C(=O)Nc3cccs3)C2)ccc1Br. The Morgan fingerprint density at radius 3 is 2.84 bits per heavy atom. The van der Waals surface area contributed by atoms with Crippen molar-refractivity contribution in [1.82, 2.24) is 4.90 Å². The van der Waals surface area contributed by atoms with Gasteiger partial charge in [-0.3, -0.25) is 10.1 Å². The minimum atomic E-state index is -0.188. The van der Waals surface area contributed by atoms with Crippen molar-refractivity contribution in [3.8, 4) is 0 Å². The molecule has 1 aliphatic rings. The van der Waals surface area contributed by atoms with Gasteiger partial charge in [-0.1, -0.05) is 15.9 Å². The standard InChI is InChI=1S/C18H20BrN3O2S/c1-12-10-14(6-7-15(12)19)20-17(23)13-4-2-8-22(11-13)18(24)21-16-5-3-9-25-16/h3,5-7,9-10,13H,2,4,8,11H2,1H3,(H,20,23)(H,21,24). The number of carbonyl (C=O) groups is 2. The summed E-state index contributed by atoms with van der Waals surface area (Å²) in [5.74, 6) is -0.220. The molecule has 1 aliphatic heterocycles. The molecule has 5 nitrogen and oxygen atoms in total. The monoisotopic (exact) mass is 421 g/mol. The summed E-state index contributed by atoms with van der Waals surface area (Å²) in [6.45, 7) is 3.11. The van der Waals surface area contributed by atoms with Crippen molar-refractivity contribution in [3.05, 3.63) is 45.7 Å². The molecule has 25 heavy (non-hydrogen) atoms. The number of carbonyl (C=O) groups excluding carboxylic acids is 2. The van der Waals surface area contributed by atoms with E-state index in [1.54, 1.807) is 4.90 Å². The Kier molecular flexibility index (Phi) is 5.75. The first kappa shape index (κ1) is 17.9. The number of nitrogens with one attached hydrogen (secondary N) is 2. The highest BCUT2D eigenvalue weighted by Gasteiger charge is 2.28. The van der Waals surface area contributed by atoms with Crippen molar-refractivity contribution in [2.75, 3.05) is 23.7 Å². The Labute approximate surface area is 159 Å². The van der Waals surface area contributed by atoms with Crippen LogP contribution < -0.4 is 10.6 Å². The van der Waals surface area contributed by atoms with Gasteiger partial charge < -0.3 is 10.2 Å². The Hall–Kier alpha value is -1.86. The van der Waals surface area contributed by atoms with Crippen molar-refractivity contribution >= 4 is 49.9 Å². The van der Waals surface area contributed by atoms with Crippen LogP contribution in [0.1, 0.15) is 18.4 Å². The smallest absolute Gasteiger partial charge is 0.322 e. The van der Waals surface area contributed by atoms with E-state index in [4.69, 9.17) is 0 Å². The molecule has 1 unspecified atom stereocenters. The molecule has 1 atom stereocenters. The molecule has 0 spiro atoms. The van der Waals surface area contributed by atoms with Crippen LogP contribution in [0, 0.1) is 12.8 Å². The summed E-state index contributed by atoms with van der Waals surface area (Å²) in [7, 11) is 0. The number of benzene rings is 1. The van der Waals surface area contributed by atoms with E-state index >= 15 is 0 Å². The molecule has 1 aromatic carbocycles. The lowest BCUT2D eigenvalue weighted by molar-refractivity contribution is -0.121. The fourth-order valence-electron chi connectivity index (χ4n) is 2.88. The van der Waals surface area contributed by atoms with Gasteiger partial charge in [0.25, 0.3) is 0 Å². The number of thiophene rings is 1. The van der Waals surface area contributed by atoms with Gasteiger partial charge in [-0.25, -0.2) is 4.79 Å². The molecule has 7 heteroatoms. The predicted molar refractivity (Wildman–Crippen MR) is 105 cm³/mol. The zero-order valence-corrected chi connectivity index (χ0v) is 16.3. The second-order valence-corrected chi connectivity index (χ2v) is 7.95. The van der Waals surface area contributed by atoms with Crippen LogP contribution in [-0.2, 0) is 4.79 Å². The van der Waals surface area contributed by atoms with Gasteiger partial charge in [0.1, 0.15) is 0 Å². The van der Waals surface area contributed by atoms with Gasteiger partial charge in [-0.15, -0.1) is 11.3 Å². The molecule has 3 rings (SSSR count). The molecule has 1 aromatic heterocycles. The second-order valence-electron chi connectivity index (χ2n) is 6.15. The number of likely N-dealkylation sites (tertiary alicyclic amines) is 1. The number of nitrogens with zero attached hydrogens (tertiary/aromatic N) is 1. The quantitative estimate of drug-likeness (QED) is 0.753. The maximum Gasteiger partial charge on any atom is 0.322 e. The maximum atomic E-state index is 12.6. The summed E-state index contributed by atoms with van der Waals surface area (Å²) in [6.07, 6.45) is 1.62. The van der Waals surface area contributed by atoms with Crippen molar-refractivity contribution in [1.29, 1.82) is 0 Å². The Morgan fingerprint density at radius 2 is 2.12 bits per heavy atom. The highest BCUT2D eigenvalue weighted by molar-refractivity contribution is 9.10. The Balaban J connectivity index is 1.59. The number of piperidine rings is 1. The number of anilines is 2. The molecular weight excluding hydrogens is 402 g/mol. The first-order valence-electron chi connectivity index (χ1n) is 8.19. The number of halogens is 1. The maximum absolute atomic E-state index is 12.6. The fourth-order valence-corrected chi connectivity index (χ4v) is 3.73. The lowest BCUT2D eigenvalue weighted by Crippen LogP contribution is -2.45. The second kappa shape index (κ2) is 8.01. The lowest BCUT2D eigenvalue weighted by atomic mass is 9.97. The van der Waals surface area contributed by atoms with Gasteiger partial charge in [-0.05, 0) is 61.0 Å². The highest BCUT2D eigenvalue weighted by atomic mass is 79.9. The van der Waals surface area contributed by atoms with E-state index < -0.39 is 0 Å². The zero-order valence-electron chi connectivity index (χ0n) is 13.9. The predicted octanol–water partition coefficient (Wildman–Crippen LogP) is 4.70. The zero-order chi connectivity index (χ0) is 17.8.